The number of rotatable bonds is 11. The lowest BCUT2D eigenvalue weighted by molar-refractivity contribution is 0.114. The molecule has 6 heteroatoms. The molecule has 0 saturated heterocycles. The summed E-state index contributed by atoms with van der Waals surface area (Å²) in [5.41, 5.74) is 0. The van der Waals surface area contributed by atoms with Crippen molar-refractivity contribution in [2.75, 3.05) is 53.1 Å². The lowest BCUT2D eigenvalue weighted by atomic mass is 10.5. The predicted octanol–water partition coefficient (Wildman–Crippen LogP) is 2.35. The van der Waals surface area contributed by atoms with Crippen molar-refractivity contribution in [2.45, 2.75) is 32.6 Å². The highest BCUT2D eigenvalue weighted by Gasteiger charge is 2.21. The topological polar surface area (TPSA) is 46.1 Å². The molecule has 130 valence electrons. The zero-order chi connectivity index (χ0) is 14.9. The number of guanidine groups is 1. The maximum Gasteiger partial charge on any atom is 0.193 e. The van der Waals surface area contributed by atoms with Crippen molar-refractivity contribution in [1.29, 1.82) is 0 Å². The summed E-state index contributed by atoms with van der Waals surface area (Å²) in [6, 6.07) is 0. The van der Waals surface area contributed by atoms with Gasteiger partial charge in [0.2, 0.25) is 0 Å². The predicted molar refractivity (Wildman–Crippen MR) is 101 cm³/mol. The Bertz CT molecular complexity index is 321. The average Bonchev–Trinajstić information content (AvgIpc) is 3.36. The number of hydrogen-bond donors (Lipinski definition) is 1. The Morgan fingerprint density at radius 3 is 2.23 bits per heavy atom. The largest absolute Gasteiger partial charge is 0.379 e. The van der Waals surface area contributed by atoms with Crippen molar-refractivity contribution >= 4 is 29.9 Å². The van der Waals surface area contributed by atoms with Crippen LogP contribution >= 0.6 is 24.0 Å². The molecular weight excluding hydrogens is 393 g/mol. The third kappa shape index (κ3) is 9.15. The maximum atomic E-state index is 5.68. The van der Waals surface area contributed by atoms with Crippen LogP contribution in [0, 0.1) is 11.8 Å². The Balaban J connectivity index is 0.00000242. The molecule has 0 aromatic heterocycles. The fourth-order valence-corrected chi connectivity index (χ4v) is 2.06. The summed E-state index contributed by atoms with van der Waals surface area (Å²) in [6.45, 7) is 7.91. The smallest absolute Gasteiger partial charge is 0.193 e. The average molecular weight is 425 g/mol. The van der Waals surface area contributed by atoms with Gasteiger partial charge in [0, 0.05) is 33.4 Å². The zero-order valence-corrected chi connectivity index (χ0v) is 16.4. The third-order valence-electron chi connectivity index (χ3n) is 3.87. The van der Waals surface area contributed by atoms with Crippen LogP contribution in [0.3, 0.4) is 0 Å². The summed E-state index contributed by atoms with van der Waals surface area (Å²) in [7, 11) is 2.06. The quantitative estimate of drug-likeness (QED) is 0.239. The third-order valence-corrected chi connectivity index (χ3v) is 3.87. The Hall–Kier alpha value is -0.0800. The van der Waals surface area contributed by atoms with Gasteiger partial charge in [-0.3, -0.25) is 4.99 Å². The summed E-state index contributed by atoms with van der Waals surface area (Å²) < 4.78 is 11.3. The van der Waals surface area contributed by atoms with E-state index >= 15 is 0 Å². The van der Waals surface area contributed by atoms with Crippen molar-refractivity contribution < 1.29 is 9.47 Å². The van der Waals surface area contributed by atoms with E-state index in [0.717, 1.165) is 63.9 Å². The molecule has 2 saturated carbocycles. The molecule has 1 N–H and O–H groups in total. The minimum absolute atomic E-state index is 0. The summed E-state index contributed by atoms with van der Waals surface area (Å²) in [5.74, 6) is 2.61. The second-order valence-electron chi connectivity index (χ2n) is 6.19. The highest BCUT2D eigenvalue weighted by atomic mass is 127. The number of hydrogen-bond acceptors (Lipinski definition) is 3. The molecule has 0 heterocycles. The molecule has 2 rings (SSSR count). The van der Waals surface area contributed by atoms with E-state index in [1.807, 2.05) is 0 Å². The second kappa shape index (κ2) is 11.5. The van der Waals surface area contributed by atoms with Crippen LogP contribution in [0.5, 0.6) is 0 Å². The van der Waals surface area contributed by atoms with Gasteiger partial charge in [-0.05, 0) is 44.4 Å². The minimum Gasteiger partial charge on any atom is -0.379 e. The Labute approximate surface area is 152 Å². The first kappa shape index (κ1) is 20.0. The SMILES string of the molecule is CCNC(=NCCOCC1CC1)N(C)CCOCC1CC1.I. The highest BCUT2D eigenvalue weighted by molar-refractivity contribution is 14.0. The Kier molecular flexibility index (Phi) is 10.4. The van der Waals surface area contributed by atoms with Crippen LogP contribution in [0.15, 0.2) is 4.99 Å². The van der Waals surface area contributed by atoms with Gasteiger partial charge in [0.15, 0.2) is 5.96 Å². The van der Waals surface area contributed by atoms with Crippen LogP contribution in [0.2, 0.25) is 0 Å². The van der Waals surface area contributed by atoms with Gasteiger partial charge in [0.25, 0.3) is 0 Å². The number of aliphatic imine (C=N–C) groups is 1. The molecule has 0 aromatic rings. The molecular formula is C16H32IN3O2. The van der Waals surface area contributed by atoms with Crippen LogP contribution in [-0.2, 0) is 9.47 Å². The van der Waals surface area contributed by atoms with Crippen LogP contribution in [0.25, 0.3) is 0 Å². The molecule has 2 fully saturated rings. The van der Waals surface area contributed by atoms with Crippen LogP contribution < -0.4 is 5.32 Å². The molecule has 0 aromatic carbocycles. The summed E-state index contributed by atoms with van der Waals surface area (Å²) >= 11 is 0. The van der Waals surface area contributed by atoms with Gasteiger partial charge in [0.05, 0.1) is 19.8 Å². The minimum atomic E-state index is 0. The number of likely N-dealkylation sites (N-methyl/N-ethyl adjacent to an activating group) is 1. The number of nitrogens with one attached hydrogen (secondary N) is 1. The fraction of sp³-hybridized carbons (Fsp3) is 0.938. The highest BCUT2D eigenvalue weighted by Crippen LogP contribution is 2.29. The molecule has 0 aliphatic heterocycles. The molecule has 0 spiro atoms. The van der Waals surface area contributed by atoms with E-state index in [1.165, 1.54) is 25.7 Å². The van der Waals surface area contributed by atoms with Crippen LogP contribution in [-0.4, -0.2) is 64.0 Å². The van der Waals surface area contributed by atoms with Crippen molar-refractivity contribution in [3.63, 3.8) is 0 Å². The molecule has 0 atom stereocenters. The first-order valence-electron chi connectivity index (χ1n) is 8.44. The number of nitrogens with zero attached hydrogens (tertiary/aromatic N) is 2. The van der Waals surface area contributed by atoms with E-state index < -0.39 is 0 Å². The first-order chi connectivity index (χ1) is 10.3. The van der Waals surface area contributed by atoms with Gasteiger partial charge in [0.1, 0.15) is 0 Å². The maximum absolute atomic E-state index is 5.68. The van der Waals surface area contributed by atoms with E-state index in [1.54, 1.807) is 0 Å². The standard InChI is InChI=1S/C16H31N3O2.HI/c1-3-17-16(18-8-10-20-12-14-4-5-14)19(2)9-11-21-13-15-6-7-15;/h14-15H,3-13H2,1-2H3,(H,17,18);1H. The van der Waals surface area contributed by atoms with E-state index in [-0.39, 0.29) is 24.0 Å². The van der Waals surface area contributed by atoms with Crippen molar-refractivity contribution in [1.82, 2.24) is 10.2 Å². The van der Waals surface area contributed by atoms with Crippen molar-refractivity contribution in [3.05, 3.63) is 0 Å². The van der Waals surface area contributed by atoms with Crippen LogP contribution in [0.1, 0.15) is 32.6 Å². The lowest BCUT2D eigenvalue weighted by Gasteiger charge is -2.22. The normalized spacial score (nSPS) is 18.0. The molecule has 2 aliphatic rings. The van der Waals surface area contributed by atoms with Gasteiger partial charge < -0.3 is 19.7 Å². The summed E-state index contributed by atoms with van der Waals surface area (Å²) in [4.78, 5) is 6.74. The van der Waals surface area contributed by atoms with E-state index in [4.69, 9.17) is 9.47 Å². The van der Waals surface area contributed by atoms with Crippen molar-refractivity contribution in [2.24, 2.45) is 16.8 Å². The molecule has 0 radical (unpaired) electrons. The van der Waals surface area contributed by atoms with Crippen LogP contribution in [0.4, 0.5) is 0 Å². The van der Waals surface area contributed by atoms with Gasteiger partial charge in [-0.1, -0.05) is 0 Å². The van der Waals surface area contributed by atoms with Crippen molar-refractivity contribution in [3.8, 4) is 0 Å². The fourth-order valence-electron chi connectivity index (χ4n) is 2.06. The monoisotopic (exact) mass is 425 g/mol. The molecule has 0 bridgehead atoms. The van der Waals surface area contributed by atoms with Gasteiger partial charge in [-0.15, -0.1) is 24.0 Å². The van der Waals surface area contributed by atoms with Gasteiger partial charge >= 0.3 is 0 Å². The zero-order valence-electron chi connectivity index (χ0n) is 14.1. The van der Waals surface area contributed by atoms with Gasteiger partial charge in [-0.2, -0.15) is 0 Å². The lowest BCUT2D eigenvalue weighted by Crippen LogP contribution is -2.40. The molecule has 5 nitrogen and oxygen atoms in total. The molecule has 22 heavy (non-hydrogen) atoms. The van der Waals surface area contributed by atoms with Gasteiger partial charge in [-0.25, -0.2) is 0 Å². The van der Waals surface area contributed by atoms with E-state index in [9.17, 15) is 0 Å². The first-order valence-corrected chi connectivity index (χ1v) is 8.44. The second-order valence-corrected chi connectivity index (χ2v) is 6.19. The molecule has 2 aliphatic carbocycles. The molecule has 0 unspecified atom stereocenters. The number of halogens is 1. The summed E-state index contributed by atoms with van der Waals surface area (Å²) in [6.07, 6.45) is 5.38. The molecule has 0 amide bonds. The van der Waals surface area contributed by atoms with E-state index in [2.05, 4.69) is 29.2 Å². The Morgan fingerprint density at radius 2 is 1.68 bits per heavy atom. The van der Waals surface area contributed by atoms with E-state index in [0.29, 0.717) is 0 Å². The Morgan fingerprint density at radius 1 is 1.09 bits per heavy atom. The number of ether oxygens (including phenoxy) is 2. The summed E-state index contributed by atoms with van der Waals surface area (Å²) in [5, 5.41) is 3.32.